The molecule has 0 aliphatic carbocycles. The van der Waals surface area contributed by atoms with E-state index in [1.54, 1.807) is 7.05 Å². The van der Waals surface area contributed by atoms with Crippen molar-refractivity contribution in [3.8, 4) is 0 Å². The van der Waals surface area contributed by atoms with Gasteiger partial charge in [0.05, 0.1) is 6.61 Å². The molecule has 2 N–H and O–H groups in total. The van der Waals surface area contributed by atoms with E-state index in [0.29, 0.717) is 13.0 Å². The van der Waals surface area contributed by atoms with Gasteiger partial charge in [0, 0.05) is 13.5 Å². The fourth-order valence-corrected chi connectivity index (χ4v) is 2.41. The lowest BCUT2D eigenvalue weighted by Crippen LogP contribution is -2.56. The zero-order chi connectivity index (χ0) is 16.4. The Morgan fingerprint density at radius 2 is 1.86 bits per heavy atom. The summed E-state index contributed by atoms with van der Waals surface area (Å²) in [5.41, 5.74) is -0.167. The van der Waals surface area contributed by atoms with Crippen molar-refractivity contribution in [3.63, 3.8) is 0 Å². The molecule has 0 bridgehead atoms. The van der Waals surface area contributed by atoms with Gasteiger partial charge >= 0.3 is 0 Å². The number of nitrogens with one attached hydrogen (secondary N) is 2. The Morgan fingerprint density at radius 3 is 2.32 bits per heavy atom. The average molecular weight is 304 g/mol. The number of hydrogen-bond donors (Lipinski definition) is 2. The molecule has 22 heavy (non-hydrogen) atoms. The molecule has 0 saturated carbocycles. The minimum atomic E-state index is -0.834. The normalized spacial score (nSPS) is 21.8. The van der Waals surface area contributed by atoms with Gasteiger partial charge in [-0.2, -0.15) is 0 Å². The first-order valence-corrected chi connectivity index (χ1v) is 7.49. The summed E-state index contributed by atoms with van der Waals surface area (Å²) in [5, 5.41) is 5.46. The van der Waals surface area contributed by atoms with E-state index in [2.05, 4.69) is 10.6 Å². The van der Waals surface area contributed by atoms with Crippen LogP contribution in [0.5, 0.6) is 0 Å². The highest BCUT2D eigenvalue weighted by Gasteiger charge is 2.53. The number of hydrogen-bond acceptors (Lipinski definition) is 3. The van der Waals surface area contributed by atoms with Gasteiger partial charge in [0.25, 0.3) is 5.91 Å². The lowest BCUT2D eigenvalue weighted by molar-refractivity contribution is -0.134. The van der Waals surface area contributed by atoms with E-state index in [-0.39, 0.29) is 17.2 Å². The molecule has 2 amide bonds. The molecule has 1 aromatic rings. The molecule has 1 fully saturated rings. The fraction of sp³-hybridized carbons (Fsp3) is 0.529. The number of ether oxygens (including phenoxy) is 1. The maximum atomic E-state index is 12.6. The smallest absolute Gasteiger partial charge is 0.255 e. The molecule has 120 valence electrons. The lowest BCUT2D eigenvalue weighted by Gasteiger charge is -2.30. The molecule has 1 heterocycles. The van der Waals surface area contributed by atoms with Gasteiger partial charge in [-0.25, -0.2) is 0 Å². The SMILES string of the molecule is CNC(=O)[C@@H](NC(=O)[C@]1(Cc2ccccc2)CO1)C(C)(C)C. The first-order valence-electron chi connectivity index (χ1n) is 7.49. The van der Waals surface area contributed by atoms with E-state index in [0.717, 1.165) is 5.56 Å². The third-order valence-corrected chi connectivity index (χ3v) is 3.89. The van der Waals surface area contributed by atoms with Crippen LogP contribution in [0.1, 0.15) is 26.3 Å². The predicted molar refractivity (Wildman–Crippen MR) is 84.3 cm³/mol. The quantitative estimate of drug-likeness (QED) is 0.805. The maximum absolute atomic E-state index is 12.6. The van der Waals surface area contributed by atoms with Gasteiger partial charge in [0.2, 0.25) is 5.91 Å². The van der Waals surface area contributed by atoms with E-state index < -0.39 is 11.6 Å². The molecule has 0 radical (unpaired) electrons. The Morgan fingerprint density at radius 1 is 1.27 bits per heavy atom. The van der Waals surface area contributed by atoms with Gasteiger partial charge in [-0.1, -0.05) is 51.1 Å². The Balaban J connectivity index is 2.08. The first-order chi connectivity index (χ1) is 10.3. The van der Waals surface area contributed by atoms with E-state index >= 15 is 0 Å². The van der Waals surface area contributed by atoms with E-state index in [9.17, 15) is 9.59 Å². The van der Waals surface area contributed by atoms with Crippen LogP contribution in [-0.4, -0.2) is 37.1 Å². The van der Waals surface area contributed by atoms with Crippen LogP contribution in [0, 0.1) is 5.41 Å². The number of rotatable bonds is 5. The lowest BCUT2D eigenvalue weighted by atomic mass is 9.85. The predicted octanol–water partition coefficient (Wildman–Crippen LogP) is 1.28. The number of benzene rings is 1. The van der Waals surface area contributed by atoms with Crippen LogP contribution < -0.4 is 10.6 Å². The van der Waals surface area contributed by atoms with Crippen LogP contribution in [0.15, 0.2) is 30.3 Å². The fourth-order valence-electron chi connectivity index (χ4n) is 2.41. The van der Waals surface area contributed by atoms with Crippen LogP contribution in [-0.2, 0) is 20.7 Å². The van der Waals surface area contributed by atoms with Gasteiger partial charge in [-0.15, -0.1) is 0 Å². The van der Waals surface area contributed by atoms with E-state index in [1.165, 1.54) is 0 Å². The zero-order valence-electron chi connectivity index (χ0n) is 13.6. The van der Waals surface area contributed by atoms with Gasteiger partial charge in [-0.3, -0.25) is 9.59 Å². The number of epoxide rings is 1. The summed E-state index contributed by atoms with van der Waals surface area (Å²) >= 11 is 0. The van der Waals surface area contributed by atoms with Crippen LogP contribution in [0.4, 0.5) is 0 Å². The number of carbonyl (C=O) groups excluding carboxylic acids is 2. The topological polar surface area (TPSA) is 70.7 Å². The molecular weight excluding hydrogens is 280 g/mol. The summed E-state index contributed by atoms with van der Waals surface area (Å²) in [4.78, 5) is 24.6. The van der Waals surface area contributed by atoms with Gasteiger partial charge in [0.15, 0.2) is 5.60 Å². The number of carbonyl (C=O) groups is 2. The summed E-state index contributed by atoms with van der Waals surface area (Å²) in [7, 11) is 1.57. The van der Waals surface area contributed by atoms with Gasteiger partial charge in [0.1, 0.15) is 6.04 Å². The zero-order valence-corrected chi connectivity index (χ0v) is 13.6. The Kier molecular flexibility index (Phi) is 4.56. The van der Waals surface area contributed by atoms with Crippen molar-refractivity contribution in [3.05, 3.63) is 35.9 Å². The van der Waals surface area contributed by atoms with Crippen molar-refractivity contribution in [1.29, 1.82) is 0 Å². The van der Waals surface area contributed by atoms with Crippen molar-refractivity contribution in [2.45, 2.75) is 38.8 Å². The summed E-state index contributed by atoms with van der Waals surface area (Å²) in [5.74, 6) is -0.420. The second kappa shape index (κ2) is 6.08. The molecule has 0 unspecified atom stereocenters. The average Bonchev–Trinajstić information content (AvgIpc) is 3.24. The van der Waals surface area contributed by atoms with Crippen molar-refractivity contribution < 1.29 is 14.3 Å². The Bertz CT molecular complexity index is 545. The summed E-state index contributed by atoms with van der Waals surface area (Å²) in [6.45, 7) is 6.15. The molecule has 1 saturated heterocycles. The molecule has 1 aliphatic heterocycles. The number of amides is 2. The number of likely N-dealkylation sites (N-methyl/N-ethyl adjacent to an activating group) is 1. The van der Waals surface area contributed by atoms with Crippen molar-refractivity contribution in [1.82, 2.24) is 10.6 Å². The van der Waals surface area contributed by atoms with Crippen LogP contribution in [0.25, 0.3) is 0 Å². The second-order valence-electron chi connectivity index (χ2n) is 6.83. The largest absolute Gasteiger partial charge is 0.359 e. The summed E-state index contributed by atoms with van der Waals surface area (Å²) < 4.78 is 5.45. The standard InChI is InChI=1S/C17H24N2O3/c1-16(2,3)13(14(20)18-4)19-15(21)17(11-22-17)10-12-8-6-5-7-9-12/h5-9,13H,10-11H2,1-4H3,(H,18,20)(H,19,21)/t13-,17+/m1/s1. The molecular formula is C17H24N2O3. The molecule has 5 heteroatoms. The highest BCUT2D eigenvalue weighted by Crippen LogP contribution is 2.32. The molecule has 0 spiro atoms. The summed E-state index contributed by atoms with van der Waals surface area (Å²) in [6.07, 6.45) is 0.518. The first kappa shape index (κ1) is 16.5. The molecule has 0 aromatic heterocycles. The second-order valence-corrected chi connectivity index (χ2v) is 6.83. The molecule has 5 nitrogen and oxygen atoms in total. The Labute approximate surface area is 131 Å². The van der Waals surface area contributed by atoms with Crippen LogP contribution in [0.2, 0.25) is 0 Å². The van der Waals surface area contributed by atoms with Crippen molar-refractivity contribution in [2.24, 2.45) is 5.41 Å². The van der Waals surface area contributed by atoms with Gasteiger partial charge in [-0.05, 0) is 11.0 Å². The highest BCUT2D eigenvalue weighted by atomic mass is 16.6. The Hall–Kier alpha value is -1.88. The monoisotopic (exact) mass is 304 g/mol. The van der Waals surface area contributed by atoms with Crippen LogP contribution in [0.3, 0.4) is 0 Å². The molecule has 1 aromatic carbocycles. The van der Waals surface area contributed by atoms with Crippen LogP contribution >= 0.6 is 0 Å². The van der Waals surface area contributed by atoms with Crippen molar-refractivity contribution >= 4 is 11.8 Å². The highest BCUT2D eigenvalue weighted by molar-refractivity contribution is 5.93. The third-order valence-electron chi connectivity index (χ3n) is 3.89. The molecule has 2 atom stereocenters. The minimum absolute atomic E-state index is 0.198. The molecule has 2 rings (SSSR count). The maximum Gasteiger partial charge on any atom is 0.255 e. The molecule has 1 aliphatic rings. The summed E-state index contributed by atoms with van der Waals surface area (Å²) in [6, 6.07) is 9.15. The van der Waals surface area contributed by atoms with E-state index in [1.807, 2.05) is 51.1 Å². The van der Waals surface area contributed by atoms with Gasteiger partial charge < -0.3 is 15.4 Å². The minimum Gasteiger partial charge on any atom is -0.359 e. The third kappa shape index (κ3) is 3.65. The van der Waals surface area contributed by atoms with Crippen molar-refractivity contribution in [2.75, 3.05) is 13.7 Å². The van der Waals surface area contributed by atoms with E-state index in [4.69, 9.17) is 4.74 Å².